The summed E-state index contributed by atoms with van der Waals surface area (Å²) >= 11 is 0. The molecule has 0 aliphatic heterocycles. The number of ether oxygens (including phenoxy) is 1. The van der Waals surface area contributed by atoms with Gasteiger partial charge in [-0.15, -0.1) is 0 Å². The second-order valence-electron chi connectivity index (χ2n) is 6.97. The molecule has 0 radical (unpaired) electrons. The lowest BCUT2D eigenvalue weighted by molar-refractivity contribution is -0.144. The fraction of sp³-hybridized carbons (Fsp3) is 0.591. The highest BCUT2D eigenvalue weighted by molar-refractivity contribution is 5.95. The van der Waals surface area contributed by atoms with Crippen LogP contribution in [-0.2, 0) is 19.1 Å². The predicted molar refractivity (Wildman–Crippen MR) is 105 cm³/mol. The van der Waals surface area contributed by atoms with Gasteiger partial charge in [-0.25, -0.2) is 0 Å². The van der Waals surface area contributed by atoms with Crippen LogP contribution in [0.4, 0.5) is 0 Å². The van der Waals surface area contributed by atoms with Crippen molar-refractivity contribution in [2.24, 2.45) is 11.8 Å². The van der Waals surface area contributed by atoms with E-state index in [1.165, 1.54) is 6.92 Å². The molecule has 5 heteroatoms. The molecule has 27 heavy (non-hydrogen) atoms. The summed E-state index contributed by atoms with van der Waals surface area (Å²) in [6.07, 6.45) is 17.2. The van der Waals surface area contributed by atoms with Crippen LogP contribution in [0.2, 0.25) is 0 Å². The summed E-state index contributed by atoms with van der Waals surface area (Å²) in [4.78, 5) is 33.9. The number of ketones is 1. The summed E-state index contributed by atoms with van der Waals surface area (Å²) in [5, 5.41) is 8.62. The van der Waals surface area contributed by atoms with Gasteiger partial charge in [-0.1, -0.05) is 44.1 Å². The fourth-order valence-corrected chi connectivity index (χ4v) is 3.11. The Labute approximate surface area is 162 Å². The van der Waals surface area contributed by atoms with E-state index in [1.807, 2.05) is 30.4 Å². The van der Waals surface area contributed by atoms with Crippen LogP contribution >= 0.6 is 0 Å². The number of carboxylic acid groups (broad SMARTS) is 1. The van der Waals surface area contributed by atoms with E-state index < -0.39 is 5.97 Å². The normalized spacial score (nSPS) is 20.6. The molecule has 3 atom stereocenters. The topological polar surface area (TPSA) is 80.7 Å². The van der Waals surface area contributed by atoms with Gasteiger partial charge in [0.15, 0.2) is 5.78 Å². The first-order valence-corrected chi connectivity index (χ1v) is 9.88. The molecule has 1 rings (SSSR count). The quantitative estimate of drug-likeness (QED) is 0.288. The van der Waals surface area contributed by atoms with Gasteiger partial charge in [0.25, 0.3) is 0 Å². The van der Waals surface area contributed by atoms with Gasteiger partial charge in [0.2, 0.25) is 0 Å². The Hall–Kier alpha value is -2.17. The number of aliphatic carboxylic acids is 1. The number of carbonyl (C=O) groups excluding carboxylic acids is 2. The zero-order valence-corrected chi connectivity index (χ0v) is 16.4. The summed E-state index contributed by atoms with van der Waals surface area (Å²) in [7, 11) is 0. The first-order chi connectivity index (χ1) is 12.9. The maximum Gasteiger partial charge on any atom is 0.303 e. The lowest BCUT2D eigenvalue weighted by atomic mass is 9.90. The maximum absolute atomic E-state index is 12.1. The minimum absolute atomic E-state index is 0.00500. The van der Waals surface area contributed by atoms with Crippen molar-refractivity contribution in [3.8, 4) is 0 Å². The van der Waals surface area contributed by atoms with E-state index in [1.54, 1.807) is 6.08 Å². The Kier molecular flexibility index (Phi) is 11.1. The van der Waals surface area contributed by atoms with Gasteiger partial charge in [-0.2, -0.15) is 0 Å². The Bertz CT molecular complexity index is 573. The average molecular weight is 376 g/mol. The van der Waals surface area contributed by atoms with Crippen LogP contribution in [0, 0.1) is 11.8 Å². The van der Waals surface area contributed by atoms with E-state index in [9.17, 15) is 14.4 Å². The van der Waals surface area contributed by atoms with E-state index in [0.717, 1.165) is 25.7 Å². The Morgan fingerprint density at radius 1 is 1.26 bits per heavy atom. The van der Waals surface area contributed by atoms with Crippen molar-refractivity contribution in [1.29, 1.82) is 0 Å². The minimum Gasteiger partial charge on any atom is -0.481 e. The molecule has 0 spiro atoms. The molecule has 1 N–H and O–H groups in total. The van der Waals surface area contributed by atoms with Crippen molar-refractivity contribution in [2.75, 3.05) is 0 Å². The standard InChI is InChI=1S/C22H32O5/c1-3-4-7-10-19(27-17(2)23)15-13-18-14-16-21(24)20(18)11-8-5-6-9-12-22(25)26/h5,8,13-16,18-20H,3-4,6-7,9-12H2,1-2H3,(H,25,26). The largest absolute Gasteiger partial charge is 0.481 e. The fourth-order valence-electron chi connectivity index (χ4n) is 3.11. The molecular formula is C22H32O5. The van der Waals surface area contributed by atoms with E-state index in [4.69, 9.17) is 9.84 Å². The van der Waals surface area contributed by atoms with Crippen LogP contribution in [0.3, 0.4) is 0 Å². The van der Waals surface area contributed by atoms with Gasteiger partial charge in [0.1, 0.15) is 6.10 Å². The van der Waals surface area contributed by atoms with Crippen LogP contribution in [0.15, 0.2) is 36.5 Å². The van der Waals surface area contributed by atoms with Gasteiger partial charge >= 0.3 is 11.9 Å². The SMILES string of the molecule is CCCCCC(C=CC1C=CC(=O)C1CC=CCCCC(=O)O)OC(C)=O. The number of rotatable bonds is 13. The summed E-state index contributed by atoms with van der Waals surface area (Å²) in [6.45, 7) is 3.54. The van der Waals surface area contributed by atoms with Crippen molar-refractivity contribution >= 4 is 17.7 Å². The molecule has 1 aliphatic carbocycles. The Balaban J connectivity index is 2.55. The second kappa shape index (κ2) is 13.1. The number of esters is 1. The first-order valence-electron chi connectivity index (χ1n) is 9.88. The number of unbranched alkanes of at least 4 members (excludes halogenated alkanes) is 3. The molecule has 0 aromatic rings. The van der Waals surface area contributed by atoms with E-state index in [2.05, 4.69) is 6.92 Å². The molecule has 0 fully saturated rings. The Morgan fingerprint density at radius 2 is 2.04 bits per heavy atom. The smallest absolute Gasteiger partial charge is 0.303 e. The zero-order valence-electron chi connectivity index (χ0n) is 16.4. The van der Waals surface area contributed by atoms with Gasteiger partial charge in [-0.3, -0.25) is 14.4 Å². The van der Waals surface area contributed by atoms with E-state index in [0.29, 0.717) is 19.3 Å². The summed E-state index contributed by atoms with van der Waals surface area (Å²) in [5.41, 5.74) is 0. The van der Waals surface area contributed by atoms with Gasteiger partial charge in [0, 0.05) is 25.2 Å². The first kappa shape index (κ1) is 22.9. The molecule has 150 valence electrons. The molecule has 0 saturated heterocycles. The number of carboxylic acids is 1. The Morgan fingerprint density at radius 3 is 2.70 bits per heavy atom. The molecule has 5 nitrogen and oxygen atoms in total. The predicted octanol–water partition coefficient (Wildman–Crippen LogP) is 4.63. The van der Waals surface area contributed by atoms with Crippen molar-refractivity contribution in [2.45, 2.75) is 71.3 Å². The molecule has 0 aromatic carbocycles. The minimum atomic E-state index is -0.787. The van der Waals surface area contributed by atoms with Crippen LogP contribution in [0.1, 0.15) is 65.2 Å². The lowest BCUT2D eigenvalue weighted by Crippen LogP contribution is -2.16. The lowest BCUT2D eigenvalue weighted by Gasteiger charge is -2.16. The third-order valence-corrected chi connectivity index (χ3v) is 4.59. The van der Waals surface area contributed by atoms with Gasteiger partial charge < -0.3 is 9.84 Å². The second-order valence-corrected chi connectivity index (χ2v) is 6.97. The summed E-state index contributed by atoms with van der Waals surface area (Å²) in [6, 6.07) is 0. The zero-order chi connectivity index (χ0) is 20.1. The molecule has 0 saturated carbocycles. The van der Waals surface area contributed by atoms with Crippen molar-refractivity contribution < 1.29 is 24.2 Å². The highest BCUT2D eigenvalue weighted by atomic mass is 16.5. The summed E-state index contributed by atoms with van der Waals surface area (Å²) in [5.74, 6) is -1.10. The van der Waals surface area contributed by atoms with E-state index in [-0.39, 0.29) is 36.1 Å². The molecular weight excluding hydrogens is 344 g/mol. The van der Waals surface area contributed by atoms with Crippen LogP contribution in [0.25, 0.3) is 0 Å². The van der Waals surface area contributed by atoms with Crippen molar-refractivity contribution in [1.82, 2.24) is 0 Å². The molecule has 0 bridgehead atoms. The average Bonchev–Trinajstić information content (AvgIpc) is 2.95. The maximum atomic E-state index is 12.1. The van der Waals surface area contributed by atoms with Gasteiger partial charge in [0.05, 0.1) is 0 Å². The molecule has 3 unspecified atom stereocenters. The highest BCUT2D eigenvalue weighted by Gasteiger charge is 2.27. The third kappa shape index (κ3) is 9.92. The molecule has 0 aromatic heterocycles. The third-order valence-electron chi connectivity index (χ3n) is 4.59. The van der Waals surface area contributed by atoms with Crippen molar-refractivity contribution in [3.05, 3.63) is 36.5 Å². The molecule has 0 amide bonds. The summed E-state index contributed by atoms with van der Waals surface area (Å²) < 4.78 is 5.37. The number of allylic oxidation sites excluding steroid dienone is 5. The van der Waals surface area contributed by atoms with Gasteiger partial charge in [-0.05, 0) is 44.3 Å². The van der Waals surface area contributed by atoms with Crippen LogP contribution < -0.4 is 0 Å². The van der Waals surface area contributed by atoms with Crippen LogP contribution in [-0.4, -0.2) is 28.9 Å². The molecule has 0 heterocycles. The van der Waals surface area contributed by atoms with Crippen LogP contribution in [0.5, 0.6) is 0 Å². The number of hydrogen-bond donors (Lipinski definition) is 1. The number of carbonyl (C=O) groups is 3. The monoisotopic (exact) mass is 376 g/mol. The highest BCUT2D eigenvalue weighted by Crippen LogP contribution is 2.28. The molecule has 1 aliphatic rings. The van der Waals surface area contributed by atoms with Crippen molar-refractivity contribution in [3.63, 3.8) is 0 Å². The van der Waals surface area contributed by atoms with E-state index >= 15 is 0 Å². The number of hydrogen-bond acceptors (Lipinski definition) is 4.